The summed E-state index contributed by atoms with van der Waals surface area (Å²) in [6, 6.07) is 2.09. The number of aryl methyl sites for hydroxylation is 2. The lowest BCUT2D eigenvalue weighted by Gasteiger charge is -2.15. The average molecular weight is 371 g/mol. The molecule has 2 N–H and O–H groups in total. The van der Waals surface area contributed by atoms with Gasteiger partial charge in [-0.1, -0.05) is 20.8 Å². The van der Waals surface area contributed by atoms with Crippen LogP contribution in [0.2, 0.25) is 0 Å². The van der Waals surface area contributed by atoms with Crippen molar-refractivity contribution in [3.63, 3.8) is 0 Å². The molecule has 0 aliphatic heterocycles. The first-order valence-electron chi connectivity index (χ1n) is 7.75. The maximum absolute atomic E-state index is 12.6. The van der Waals surface area contributed by atoms with Crippen LogP contribution in [0.15, 0.2) is 15.0 Å². The van der Waals surface area contributed by atoms with Gasteiger partial charge in [-0.15, -0.1) is 10.2 Å². The first-order valence-corrected chi connectivity index (χ1v) is 8.52. The number of rotatable bonds is 3. The van der Waals surface area contributed by atoms with Gasteiger partial charge in [0.1, 0.15) is 17.5 Å². The predicted octanol–water partition coefficient (Wildman–Crippen LogP) is 2.94. The standard InChI is InChI=1S/C15H17N9OS/c1-7-10(13(25)24(22-7)14-17-8(2)23-26-14)18-20-12-9(6-16)11(19-21-12)15(3,4)5/h22H,1-5H3,(H,19,21). The summed E-state index contributed by atoms with van der Waals surface area (Å²) in [5.41, 5.74) is 0.945. The molecule has 0 aliphatic carbocycles. The van der Waals surface area contributed by atoms with E-state index in [1.807, 2.05) is 20.8 Å². The van der Waals surface area contributed by atoms with Gasteiger partial charge in [-0.3, -0.25) is 15.0 Å². The number of hydrogen-bond acceptors (Lipinski definition) is 8. The Morgan fingerprint density at radius 3 is 2.58 bits per heavy atom. The zero-order valence-corrected chi connectivity index (χ0v) is 15.8. The Bertz CT molecular complexity index is 1080. The SMILES string of the molecule is Cc1nsc(-n2[nH]c(C)c(N=Nc3n[nH]c(C(C)(C)C)c3C#N)c2=O)n1. The number of nitriles is 1. The molecule has 11 heteroatoms. The molecule has 10 nitrogen and oxygen atoms in total. The van der Waals surface area contributed by atoms with E-state index in [2.05, 4.69) is 41.0 Å². The van der Waals surface area contributed by atoms with Gasteiger partial charge in [-0.2, -0.15) is 19.4 Å². The molecule has 3 aromatic heterocycles. The van der Waals surface area contributed by atoms with Gasteiger partial charge in [0.25, 0.3) is 0 Å². The Morgan fingerprint density at radius 1 is 1.27 bits per heavy atom. The van der Waals surface area contributed by atoms with Crippen molar-refractivity contribution in [1.29, 1.82) is 5.26 Å². The lowest BCUT2D eigenvalue weighted by Crippen LogP contribution is -2.13. The van der Waals surface area contributed by atoms with Crippen LogP contribution in [-0.2, 0) is 5.41 Å². The Kier molecular flexibility index (Phi) is 4.29. The number of nitrogens with zero attached hydrogens (tertiary/aromatic N) is 7. The highest BCUT2D eigenvalue weighted by Gasteiger charge is 2.24. The van der Waals surface area contributed by atoms with E-state index in [0.717, 1.165) is 11.5 Å². The summed E-state index contributed by atoms with van der Waals surface area (Å²) in [7, 11) is 0. The fourth-order valence-corrected chi connectivity index (χ4v) is 2.96. The molecule has 3 heterocycles. The maximum atomic E-state index is 12.6. The lowest BCUT2D eigenvalue weighted by atomic mass is 9.90. The second kappa shape index (κ2) is 6.30. The molecule has 26 heavy (non-hydrogen) atoms. The number of azo groups is 1. The van der Waals surface area contributed by atoms with E-state index in [1.54, 1.807) is 13.8 Å². The van der Waals surface area contributed by atoms with E-state index in [9.17, 15) is 10.1 Å². The van der Waals surface area contributed by atoms with Crippen LogP contribution < -0.4 is 5.56 Å². The summed E-state index contributed by atoms with van der Waals surface area (Å²) in [6.45, 7) is 9.33. The highest BCUT2D eigenvalue weighted by atomic mass is 32.1. The molecule has 0 saturated heterocycles. The number of aromatic amines is 2. The maximum Gasteiger partial charge on any atom is 0.301 e. The van der Waals surface area contributed by atoms with Gasteiger partial charge in [0.05, 0.1) is 11.4 Å². The summed E-state index contributed by atoms with van der Waals surface area (Å²) in [5, 5.41) is 27.6. The number of aromatic nitrogens is 6. The van der Waals surface area contributed by atoms with Gasteiger partial charge in [0.2, 0.25) is 10.9 Å². The van der Waals surface area contributed by atoms with Crippen molar-refractivity contribution < 1.29 is 0 Å². The Labute approximate surface area is 152 Å². The molecule has 0 fully saturated rings. The number of hydrogen-bond donors (Lipinski definition) is 2. The van der Waals surface area contributed by atoms with Gasteiger partial charge >= 0.3 is 5.56 Å². The third-order valence-electron chi connectivity index (χ3n) is 3.60. The Hall–Kier alpha value is -3.13. The van der Waals surface area contributed by atoms with Crippen LogP contribution in [0.1, 0.15) is 43.5 Å². The van der Waals surface area contributed by atoms with Crippen LogP contribution in [-0.4, -0.2) is 29.3 Å². The van der Waals surface area contributed by atoms with Crippen molar-refractivity contribution in [2.75, 3.05) is 0 Å². The molecule has 0 radical (unpaired) electrons. The lowest BCUT2D eigenvalue weighted by molar-refractivity contribution is 0.565. The van der Waals surface area contributed by atoms with Crippen LogP contribution in [0.4, 0.5) is 11.5 Å². The van der Waals surface area contributed by atoms with Gasteiger partial charge in [-0.25, -0.2) is 4.98 Å². The fraction of sp³-hybridized carbons (Fsp3) is 0.400. The van der Waals surface area contributed by atoms with Gasteiger partial charge in [0, 0.05) is 16.9 Å². The van der Waals surface area contributed by atoms with Crippen LogP contribution in [0.5, 0.6) is 0 Å². The van der Waals surface area contributed by atoms with Crippen molar-refractivity contribution in [1.82, 2.24) is 29.3 Å². The highest BCUT2D eigenvalue weighted by Crippen LogP contribution is 2.29. The molecule has 0 saturated carbocycles. The number of nitrogens with one attached hydrogen (secondary N) is 2. The molecular formula is C15H17N9OS. The zero-order valence-electron chi connectivity index (χ0n) is 14.9. The van der Waals surface area contributed by atoms with E-state index in [-0.39, 0.29) is 16.9 Å². The Balaban J connectivity index is 2.01. The zero-order chi connectivity index (χ0) is 19.1. The quantitative estimate of drug-likeness (QED) is 0.681. The summed E-state index contributed by atoms with van der Waals surface area (Å²) in [4.78, 5) is 16.7. The third kappa shape index (κ3) is 3.06. The third-order valence-corrected chi connectivity index (χ3v) is 4.39. The second-order valence-electron chi connectivity index (χ2n) is 6.71. The highest BCUT2D eigenvalue weighted by molar-refractivity contribution is 7.08. The first-order chi connectivity index (χ1) is 12.2. The van der Waals surface area contributed by atoms with Crippen LogP contribution in [0.3, 0.4) is 0 Å². The predicted molar refractivity (Wildman–Crippen MR) is 95.5 cm³/mol. The molecular weight excluding hydrogens is 354 g/mol. The summed E-state index contributed by atoms with van der Waals surface area (Å²) in [6.07, 6.45) is 0. The molecule has 3 aromatic rings. The molecule has 0 atom stereocenters. The number of H-pyrrole nitrogens is 2. The van der Waals surface area contributed by atoms with Crippen molar-refractivity contribution in [2.24, 2.45) is 10.2 Å². The van der Waals surface area contributed by atoms with E-state index in [0.29, 0.717) is 27.9 Å². The van der Waals surface area contributed by atoms with Gasteiger partial charge in [-0.05, 0) is 13.8 Å². The fourth-order valence-electron chi connectivity index (χ4n) is 2.32. The summed E-state index contributed by atoms with van der Waals surface area (Å²) >= 11 is 1.10. The average Bonchev–Trinajstić information content (AvgIpc) is 3.23. The van der Waals surface area contributed by atoms with Crippen LogP contribution >= 0.6 is 11.5 Å². The van der Waals surface area contributed by atoms with Crippen molar-refractivity contribution in [3.05, 3.63) is 33.1 Å². The van der Waals surface area contributed by atoms with E-state index in [4.69, 9.17) is 0 Å². The summed E-state index contributed by atoms with van der Waals surface area (Å²) < 4.78 is 5.33. The topological polar surface area (TPSA) is 141 Å². The largest absolute Gasteiger partial charge is 0.301 e. The van der Waals surface area contributed by atoms with Gasteiger partial charge < -0.3 is 0 Å². The Morgan fingerprint density at radius 2 is 2.00 bits per heavy atom. The van der Waals surface area contributed by atoms with E-state index >= 15 is 0 Å². The molecule has 3 rings (SSSR count). The minimum Gasteiger partial charge on any atom is -0.291 e. The molecule has 0 aromatic carbocycles. The second-order valence-corrected chi connectivity index (χ2v) is 7.44. The minimum atomic E-state index is -0.396. The van der Waals surface area contributed by atoms with Gasteiger partial charge in [0.15, 0.2) is 5.69 Å². The molecule has 0 bridgehead atoms. The monoisotopic (exact) mass is 371 g/mol. The van der Waals surface area contributed by atoms with E-state index < -0.39 is 5.56 Å². The molecule has 0 amide bonds. The van der Waals surface area contributed by atoms with Crippen LogP contribution in [0.25, 0.3) is 5.13 Å². The van der Waals surface area contributed by atoms with E-state index in [1.165, 1.54) is 4.68 Å². The normalized spacial score (nSPS) is 12.0. The van der Waals surface area contributed by atoms with Crippen molar-refractivity contribution in [3.8, 4) is 11.2 Å². The van der Waals surface area contributed by atoms with Crippen molar-refractivity contribution in [2.45, 2.75) is 40.0 Å². The molecule has 0 unspecified atom stereocenters. The molecule has 0 aliphatic rings. The smallest absolute Gasteiger partial charge is 0.291 e. The molecule has 134 valence electrons. The molecule has 0 spiro atoms. The summed E-state index contributed by atoms with van der Waals surface area (Å²) in [5.74, 6) is 0.730. The van der Waals surface area contributed by atoms with Crippen molar-refractivity contribution >= 4 is 23.0 Å². The minimum absolute atomic E-state index is 0.127. The van der Waals surface area contributed by atoms with Crippen LogP contribution in [0, 0.1) is 25.2 Å². The first kappa shape index (κ1) is 17.7.